The van der Waals surface area contributed by atoms with Gasteiger partial charge in [0.2, 0.25) is 0 Å². The van der Waals surface area contributed by atoms with E-state index in [9.17, 15) is 0 Å². The number of benzene rings is 1. The molecule has 0 aliphatic rings. The van der Waals surface area contributed by atoms with Crippen LogP contribution in [0.1, 0.15) is 11.3 Å². The number of hydrogen-bond acceptors (Lipinski definition) is 0. The fraction of sp³-hybridized carbons (Fsp3) is 0.200. The quantitative estimate of drug-likeness (QED) is 0.585. The summed E-state index contributed by atoms with van der Waals surface area (Å²) in [6, 6.07) is 9.07. The number of aromatic nitrogens is 1. The van der Waals surface area contributed by atoms with E-state index in [-0.39, 0.29) is 0 Å². The van der Waals surface area contributed by atoms with Crippen LogP contribution in [0, 0.1) is 19.9 Å². The molecule has 1 aromatic heterocycles. The lowest BCUT2D eigenvalue weighted by atomic mass is 10.2. The molecule has 1 heterocycles. The summed E-state index contributed by atoms with van der Waals surface area (Å²) in [6.45, 7) is 4.22. The lowest BCUT2D eigenvalue weighted by Gasteiger charge is -1.87. The lowest BCUT2D eigenvalue weighted by molar-refractivity contribution is 1.25. The van der Waals surface area contributed by atoms with Crippen LogP contribution in [-0.2, 0) is 0 Å². The van der Waals surface area contributed by atoms with Crippen molar-refractivity contribution in [3.63, 3.8) is 0 Å². The van der Waals surface area contributed by atoms with Crippen LogP contribution in [0.15, 0.2) is 18.2 Å². The lowest BCUT2D eigenvalue weighted by Crippen LogP contribution is -1.70. The van der Waals surface area contributed by atoms with E-state index in [0.29, 0.717) is 0 Å². The van der Waals surface area contributed by atoms with Crippen molar-refractivity contribution in [2.75, 3.05) is 0 Å². The van der Waals surface area contributed by atoms with E-state index >= 15 is 0 Å². The maximum absolute atomic E-state index is 3.31. The molecule has 0 aliphatic carbocycles. The van der Waals surface area contributed by atoms with Gasteiger partial charge in [0.1, 0.15) is 0 Å². The maximum atomic E-state index is 3.31. The fourth-order valence-corrected chi connectivity index (χ4v) is 1.35. The Balaban J connectivity index is 2.92. The van der Waals surface area contributed by atoms with Crippen molar-refractivity contribution in [3.05, 3.63) is 35.5 Å². The second-order valence-electron chi connectivity index (χ2n) is 2.85. The molecule has 0 unspecified atom stereocenters. The summed E-state index contributed by atoms with van der Waals surface area (Å²) in [7, 11) is 0. The standard InChI is InChI=1S/C10H10N/c1-7-8(2)11-10-6-4-3-5-9(7)10/h4-6,11H,1-2H3. The minimum absolute atomic E-state index is 1.21. The van der Waals surface area contributed by atoms with Crippen molar-refractivity contribution in [2.24, 2.45) is 0 Å². The molecule has 55 valence electrons. The van der Waals surface area contributed by atoms with Crippen molar-refractivity contribution in [1.29, 1.82) is 0 Å². The van der Waals surface area contributed by atoms with Crippen molar-refractivity contribution in [2.45, 2.75) is 13.8 Å². The van der Waals surface area contributed by atoms with Gasteiger partial charge in [0.25, 0.3) is 0 Å². The molecule has 0 amide bonds. The number of aromatic amines is 1. The van der Waals surface area contributed by atoms with Crippen molar-refractivity contribution >= 4 is 10.9 Å². The van der Waals surface area contributed by atoms with Crippen LogP contribution in [-0.4, -0.2) is 4.98 Å². The second kappa shape index (κ2) is 2.12. The molecule has 0 aliphatic heterocycles. The molecule has 0 fully saturated rings. The van der Waals surface area contributed by atoms with Gasteiger partial charge >= 0.3 is 0 Å². The molecule has 0 bridgehead atoms. The topological polar surface area (TPSA) is 15.8 Å². The smallest absolute Gasteiger partial charge is 0.0459 e. The van der Waals surface area contributed by atoms with Crippen LogP contribution in [0.3, 0.4) is 0 Å². The Hall–Kier alpha value is -1.24. The van der Waals surface area contributed by atoms with Gasteiger partial charge in [-0.05, 0) is 37.6 Å². The van der Waals surface area contributed by atoms with Crippen LogP contribution in [0.5, 0.6) is 0 Å². The summed E-state index contributed by atoms with van der Waals surface area (Å²) in [6.07, 6.45) is 0. The number of fused-ring (bicyclic) bond motifs is 1. The van der Waals surface area contributed by atoms with Crippen molar-refractivity contribution < 1.29 is 0 Å². The van der Waals surface area contributed by atoms with E-state index < -0.39 is 0 Å². The number of nitrogens with one attached hydrogen (secondary N) is 1. The van der Waals surface area contributed by atoms with Crippen LogP contribution >= 0.6 is 0 Å². The molecule has 2 rings (SSSR count). The first-order valence-corrected chi connectivity index (χ1v) is 3.74. The summed E-state index contributed by atoms with van der Waals surface area (Å²) >= 11 is 0. The molecule has 1 N–H and O–H groups in total. The Morgan fingerprint density at radius 2 is 2.18 bits per heavy atom. The summed E-state index contributed by atoms with van der Waals surface area (Å²) in [5, 5.41) is 1.28. The van der Waals surface area contributed by atoms with Gasteiger partial charge in [0.15, 0.2) is 0 Å². The number of aryl methyl sites for hydroxylation is 2. The minimum Gasteiger partial charge on any atom is -0.358 e. The highest BCUT2D eigenvalue weighted by atomic mass is 14.7. The Kier molecular flexibility index (Phi) is 1.25. The molecule has 0 atom stereocenters. The predicted molar refractivity (Wildman–Crippen MR) is 46.6 cm³/mol. The zero-order chi connectivity index (χ0) is 7.84. The summed E-state index contributed by atoms with van der Waals surface area (Å²) in [5.41, 5.74) is 3.79. The molecule has 2 aromatic rings. The third-order valence-electron chi connectivity index (χ3n) is 2.15. The van der Waals surface area contributed by atoms with E-state index in [4.69, 9.17) is 0 Å². The zero-order valence-electron chi connectivity index (χ0n) is 6.73. The third-order valence-corrected chi connectivity index (χ3v) is 2.15. The molecule has 1 aromatic carbocycles. The van der Waals surface area contributed by atoms with E-state index in [1.54, 1.807) is 0 Å². The first-order valence-electron chi connectivity index (χ1n) is 3.74. The van der Waals surface area contributed by atoms with Gasteiger partial charge < -0.3 is 4.98 Å². The average Bonchev–Trinajstić information content (AvgIpc) is 2.30. The Morgan fingerprint density at radius 1 is 1.36 bits per heavy atom. The first-order chi connectivity index (χ1) is 5.29. The van der Waals surface area contributed by atoms with Crippen LogP contribution in [0.25, 0.3) is 10.9 Å². The fourth-order valence-electron chi connectivity index (χ4n) is 1.35. The first kappa shape index (κ1) is 6.47. The molecule has 11 heavy (non-hydrogen) atoms. The summed E-state index contributed by atoms with van der Waals surface area (Å²) < 4.78 is 0. The normalized spacial score (nSPS) is 10.7. The number of hydrogen-bond donors (Lipinski definition) is 1. The third kappa shape index (κ3) is 0.845. The average molecular weight is 144 g/mol. The second-order valence-corrected chi connectivity index (χ2v) is 2.85. The van der Waals surface area contributed by atoms with Gasteiger partial charge in [-0.3, -0.25) is 0 Å². The van der Waals surface area contributed by atoms with Crippen molar-refractivity contribution in [3.8, 4) is 0 Å². The molecule has 1 nitrogen and oxygen atoms in total. The van der Waals surface area contributed by atoms with Gasteiger partial charge in [-0.15, -0.1) is 0 Å². The van der Waals surface area contributed by atoms with Gasteiger partial charge in [-0.2, -0.15) is 0 Å². The van der Waals surface area contributed by atoms with E-state index in [1.807, 2.05) is 12.1 Å². The Labute approximate surface area is 66.1 Å². The van der Waals surface area contributed by atoms with Crippen LogP contribution in [0.2, 0.25) is 0 Å². The minimum atomic E-state index is 1.21. The summed E-state index contributed by atoms with van der Waals surface area (Å²) in [5.74, 6) is 0. The Bertz CT molecular complexity index is 385. The van der Waals surface area contributed by atoms with E-state index in [0.717, 1.165) is 0 Å². The van der Waals surface area contributed by atoms with E-state index in [2.05, 4.69) is 31.0 Å². The van der Waals surface area contributed by atoms with Gasteiger partial charge in [-0.1, -0.05) is 6.07 Å². The molecule has 0 saturated heterocycles. The highest BCUT2D eigenvalue weighted by Gasteiger charge is 2.00. The molecule has 1 heteroatoms. The van der Waals surface area contributed by atoms with Gasteiger partial charge in [-0.25, -0.2) is 0 Å². The molecular formula is C10H10N. The van der Waals surface area contributed by atoms with Crippen LogP contribution in [0.4, 0.5) is 0 Å². The molecular weight excluding hydrogens is 134 g/mol. The monoisotopic (exact) mass is 144 g/mol. The molecule has 0 spiro atoms. The molecule has 1 radical (unpaired) electrons. The highest BCUT2D eigenvalue weighted by Crippen LogP contribution is 2.19. The van der Waals surface area contributed by atoms with E-state index in [1.165, 1.54) is 22.2 Å². The van der Waals surface area contributed by atoms with Gasteiger partial charge in [0, 0.05) is 16.6 Å². The predicted octanol–water partition coefficient (Wildman–Crippen LogP) is 2.58. The number of rotatable bonds is 0. The SMILES string of the molecule is Cc1[nH]c2cc[c]cc2c1C. The van der Waals surface area contributed by atoms with Gasteiger partial charge in [0.05, 0.1) is 0 Å². The largest absolute Gasteiger partial charge is 0.358 e. The molecule has 0 saturated carbocycles. The Morgan fingerprint density at radius 3 is 2.91 bits per heavy atom. The van der Waals surface area contributed by atoms with Crippen molar-refractivity contribution in [1.82, 2.24) is 4.98 Å². The maximum Gasteiger partial charge on any atom is 0.0459 e. The summed E-state index contributed by atoms with van der Waals surface area (Å²) in [4.78, 5) is 3.31. The highest BCUT2D eigenvalue weighted by molar-refractivity contribution is 5.83. The van der Waals surface area contributed by atoms with Crippen LogP contribution < -0.4 is 0 Å². The zero-order valence-corrected chi connectivity index (χ0v) is 6.73. The number of H-pyrrole nitrogens is 1.